The second-order valence-corrected chi connectivity index (χ2v) is 7.67. The van der Waals surface area contributed by atoms with Crippen molar-refractivity contribution in [2.75, 3.05) is 6.26 Å². The molecule has 0 unspecified atom stereocenters. The van der Waals surface area contributed by atoms with Gasteiger partial charge < -0.3 is 0 Å². The molecule has 0 saturated carbocycles. The van der Waals surface area contributed by atoms with E-state index >= 15 is 0 Å². The van der Waals surface area contributed by atoms with E-state index in [1.807, 2.05) is 6.26 Å². The molecule has 148 valence electrons. The number of thioether (sulfide) groups is 1. The van der Waals surface area contributed by atoms with E-state index in [0.717, 1.165) is 0 Å². The molecule has 0 radical (unpaired) electrons. The lowest BCUT2D eigenvalue weighted by molar-refractivity contribution is 0.901. The molecule has 4 aromatic heterocycles. The minimum Gasteiger partial charge on any atom is -0.284 e. The van der Waals surface area contributed by atoms with E-state index in [1.54, 1.807) is 54.9 Å². The van der Waals surface area contributed by atoms with Crippen LogP contribution in [0.25, 0.3) is 33.4 Å². The topological polar surface area (TPSA) is 98.5 Å². The molecule has 0 saturated heterocycles. The number of benzene rings is 1. The number of hydrogen-bond donors (Lipinski definition) is 1. The van der Waals surface area contributed by atoms with E-state index in [0.29, 0.717) is 43.6 Å². The number of hydrogen-bond acceptors (Lipinski definition) is 6. The quantitative estimate of drug-likeness (QED) is 0.344. The van der Waals surface area contributed by atoms with Crippen LogP contribution in [-0.2, 0) is 0 Å². The van der Waals surface area contributed by atoms with Crippen LogP contribution in [0.2, 0.25) is 5.02 Å². The molecule has 0 aliphatic heterocycles. The lowest BCUT2D eigenvalue weighted by Crippen LogP contribution is -2.21. The van der Waals surface area contributed by atoms with Gasteiger partial charge in [-0.25, -0.2) is 10.1 Å². The summed E-state index contributed by atoms with van der Waals surface area (Å²) in [5, 5.41) is 8.55. The lowest BCUT2D eigenvalue weighted by atomic mass is 10.2. The van der Waals surface area contributed by atoms with E-state index in [4.69, 9.17) is 11.6 Å². The van der Waals surface area contributed by atoms with Gasteiger partial charge in [-0.05, 0) is 48.7 Å². The van der Waals surface area contributed by atoms with Crippen molar-refractivity contribution < 1.29 is 0 Å². The molecular formula is C20H13ClN6O2S. The fourth-order valence-electron chi connectivity index (χ4n) is 3.23. The summed E-state index contributed by atoms with van der Waals surface area (Å²) >= 11 is 7.31. The van der Waals surface area contributed by atoms with E-state index in [9.17, 15) is 9.59 Å². The second kappa shape index (κ2) is 7.12. The van der Waals surface area contributed by atoms with Gasteiger partial charge in [-0.1, -0.05) is 23.4 Å². The number of halogens is 1. The number of nitrogens with zero attached hydrogens (tertiary/aromatic N) is 5. The van der Waals surface area contributed by atoms with Crippen LogP contribution < -0.4 is 11.1 Å². The molecule has 1 N–H and O–H groups in total. The van der Waals surface area contributed by atoms with Crippen molar-refractivity contribution in [1.82, 2.24) is 29.3 Å². The fourth-order valence-corrected chi connectivity index (χ4v) is 3.67. The molecule has 1 aromatic carbocycles. The molecule has 4 heterocycles. The summed E-state index contributed by atoms with van der Waals surface area (Å²) in [5.41, 5.74) is 1.06. The third kappa shape index (κ3) is 2.99. The SMILES string of the molecule is CSc1n[nH]c(-n2ccc3nc4ccn(-c5ccc(Cl)cc5)c(=O)c4cc3c2=O)n1. The zero-order valence-corrected chi connectivity index (χ0v) is 17.1. The molecule has 0 aliphatic carbocycles. The number of nitrogens with one attached hydrogen (secondary N) is 1. The van der Waals surface area contributed by atoms with Gasteiger partial charge in [0.1, 0.15) is 0 Å². The van der Waals surface area contributed by atoms with Crippen LogP contribution in [0, 0.1) is 0 Å². The summed E-state index contributed by atoms with van der Waals surface area (Å²) in [6.45, 7) is 0. The molecule has 5 rings (SSSR count). The number of fused-ring (bicyclic) bond motifs is 2. The first-order chi connectivity index (χ1) is 14.5. The highest BCUT2D eigenvalue weighted by molar-refractivity contribution is 7.98. The van der Waals surface area contributed by atoms with Crippen molar-refractivity contribution in [3.8, 4) is 11.6 Å². The van der Waals surface area contributed by atoms with Crippen LogP contribution >= 0.6 is 23.4 Å². The molecule has 0 bridgehead atoms. The van der Waals surface area contributed by atoms with Crippen LogP contribution in [-0.4, -0.2) is 35.6 Å². The highest BCUT2D eigenvalue weighted by Gasteiger charge is 2.13. The van der Waals surface area contributed by atoms with Crippen molar-refractivity contribution in [2.45, 2.75) is 5.16 Å². The van der Waals surface area contributed by atoms with Crippen molar-refractivity contribution in [3.63, 3.8) is 0 Å². The van der Waals surface area contributed by atoms with Gasteiger partial charge in [-0.3, -0.25) is 18.7 Å². The molecule has 0 spiro atoms. The van der Waals surface area contributed by atoms with Crippen molar-refractivity contribution in [2.24, 2.45) is 0 Å². The van der Waals surface area contributed by atoms with Crippen LogP contribution in [0.3, 0.4) is 0 Å². The van der Waals surface area contributed by atoms with Crippen LogP contribution in [0.5, 0.6) is 0 Å². The molecule has 5 aromatic rings. The second-order valence-electron chi connectivity index (χ2n) is 6.46. The van der Waals surface area contributed by atoms with Crippen LogP contribution in [0.1, 0.15) is 0 Å². The van der Waals surface area contributed by atoms with E-state index in [2.05, 4.69) is 20.2 Å². The highest BCUT2D eigenvalue weighted by Crippen LogP contribution is 2.18. The lowest BCUT2D eigenvalue weighted by Gasteiger charge is -2.08. The van der Waals surface area contributed by atoms with Crippen molar-refractivity contribution in [3.05, 3.63) is 80.6 Å². The van der Waals surface area contributed by atoms with Crippen molar-refractivity contribution in [1.29, 1.82) is 0 Å². The van der Waals surface area contributed by atoms with Crippen LogP contribution in [0.4, 0.5) is 0 Å². The van der Waals surface area contributed by atoms with E-state index < -0.39 is 0 Å². The molecule has 10 heteroatoms. The van der Waals surface area contributed by atoms with Gasteiger partial charge in [-0.15, -0.1) is 5.10 Å². The van der Waals surface area contributed by atoms with E-state index in [-0.39, 0.29) is 11.1 Å². The fraction of sp³-hybridized carbons (Fsp3) is 0.0500. The maximum Gasteiger partial charge on any atom is 0.266 e. The maximum atomic E-state index is 13.1. The monoisotopic (exact) mass is 436 g/mol. The van der Waals surface area contributed by atoms with E-state index in [1.165, 1.54) is 20.9 Å². The summed E-state index contributed by atoms with van der Waals surface area (Å²) < 4.78 is 2.85. The average molecular weight is 437 g/mol. The molecule has 0 fully saturated rings. The molecular weight excluding hydrogens is 424 g/mol. The predicted octanol–water partition coefficient (Wildman–Crippen LogP) is 3.18. The number of H-pyrrole nitrogens is 1. The Labute approximate surface area is 178 Å². The summed E-state index contributed by atoms with van der Waals surface area (Å²) in [5.74, 6) is 0.304. The Bertz CT molecular complexity index is 1540. The Morgan fingerprint density at radius 3 is 2.17 bits per heavy atom. The summed E-state index contributed by atoms with van der Waals surface area (Å²) in [4.78, 5) is 35.0. The number of aromatic amines is 1. The standard InChI is InChI=1S/C20H13ClN6O2S/c1-30-20-23-19(24-25-20)27-9-7-16-14(18(27)29)10-13-15(22-16)6-8-26(17(13)28)12-4-2-11(21)3-5-12/h2-10H,1H3,(H,23,24,25). The first kappa shape index (κ1) is 18.6. The summed E-state index contributed by atoms with van der Waals surface area (Å²) in [6, 6.07) is 12.0. The Balaban J connectivity index is 1.74. The smallest absolute Gasteiger partial charge is 0.266 e. The van der Waals surface area contributed by atoms with Gasteiger partial charge in [0.15, 0.2) is 0 Å². The Morgan fingerprint density at radius 1 is 0.900 bits per heavy atom. The Hall–Kier alpha value is -3.43. The first-order valence-electron chi connectivity index (χ1n) is 8.85. The third-order valence-corrected chi connectivity index (χ3v) is 5.51. The van der Waals surface area contributed by atoms with Crippen LogP contribution in [0.15, 0.2) is 69.6 Å². The number of aromatic nitrogens is 6. The normalized spacial score (nSPS) is 11.4. The van der Waals surface area contributed by atoms with Gasteiger partial charge in [0.05, 0.1) is 21.8 Å². The maximum absolute atomic E-state index is 13.1. The summed E-state index contributed by atoms with van der Waals surface area (Å²) in [6.07, 6.45) is 5.09. The molecule has 0 amide bonds. The molecule has 30 heavy (non-hydrogen) atoms. The molecule has 0 aliphatic rings. The highest BCUT2D eigenvalue weighted by atomic mass is 35.5. The largest absolute Gasteiger partial charge is 0.284 e. The zero-order chi connectivity index (χ0) is 20.8. The third-order valence-electron chi connectivity index (χ3n) is 4.71. The van der Waals surface area contributed by atoms with Gasteiger partial charge in [-0.2, -0.15) is 4.98 Å². The first-order valence-corrected chi connectivity index (χ1v) is 10.5. The average Bonchev–Trinajstić information content (AvgIpc) is 3.23. The van der Waals surface area contributed by atoms with Gasteiger partial charge in [0.2, 0.25) is 11.1 Å². The van der Waals surface area contributed by atoms with Gasteiger partial charge in [0, 0.05) is 23.1 Å². The van der Waals surface area contributed by atoms with Gasteiger partial charge in [0.25, 0.3) is 11.1 Å². The zero-order valence-electron chi connectivity index (χ0n) is 15.5. The minimum atomic E-state index is -0.341. The summed E-state index contributed by atoms with van der Waals surface area (Å²) in [7, 11) is 0. The minimum absolute atomic E-state index is 0.275. The molecule has 0 atom stereocenters. The molecule has 8 nitrogen and oxygen atoms in total. The number of pyridine rings is 3. The van der Waals surface area contributed by atoms with Gasteiger partial charge >= 0.3 is 0 Å². The Kier molecular flexibility index (Phi) is 4.41. The predicted molar refractivity (Wildman–Crippen MR) is 117 cm³/mol. The Morgan fingerprint density at radius 2 is 1.53 bits per heavy atom. The number of rotatable bonds is 3. The van der Waals surface area contributed by atoms with Crippen molar-refractivity contribution >= 4 is 45.2 Å².